The quantitative estimate of drug-likeness (QED) is 0.851. The lowest BCUT2D eigenvalue weighted by atomic mass is 9.88. The second-order valence-electron chi connectivity index (χ2n) is 6.87. The van der Waals surface area contributed by atoms with Crippen molar-refractivity contribution in [2.24, 2.45) is 11.3 Å². The summed E-state index contributed by atoms with van der Waals surface area (Å²) in [6.45, 7) is 11.7. The minimum Gasteiger partial charge on any atom is -0.352 e. The van der Waals surface area contributed by atoms with Crippen LogP contribution in [0.15, 0.2) is 24.3 Å². The number of amides is 1. The Morgan fingerprint density at radius 1 is 1.16 bits per heavy atom. The molecule has 0 atom stereocenters. The van der Waals surface area contributed by atoms with Gasteiger partial charge < -0.3 is 5.32 Å². The van der Waals surface area contributed by atoms with Gasteiger partial charge in [-0.2, -0.15) is 0 Å². The zero-order chi connectivity index (χ0) is 14.5. The lowest BCUT2D eigenvalue weighted by Crippen LogP contribution is -2.25. The van der Waals surface area contributed by atoms with E-state index in [-0.39, 0.29) is 11.3 Å². The zero-order valence-corrected chi connectivity index (χ0v) is 12.9. The van der Waals surface area contributed by atoms with Crippen molar-refractivity contribution in [3.05, 3.63) is 35.4 Å². The molecule has 1 aromatic rings. The Bertz CT molecular complexity index is 398. The van der Waals surface area contributed by atoms with E-state index in [4.69, 9.17) is 0 Å². The first-order chi connectivity index (χ1) is 8.78. The molecule has 1 N–H and O–H groups in total. The van der Waals surface area contributed by atoms with Crippen LogP contribution in [0.3, 0.4) is 0 Å². The van der Waals surface area contributed by atoms with Crippen LogP contribution in [0.4, 0.5) is 0 Å². The molecule has 0 radical (unpaired) electrons. The molecule has 0 aliphatic rings. The molecule has 0 fully saturated rings. The van der Waals surface area contributed by atoms with Gasteiger partial charge in [0.15, 0.2) is 0 Å². The number of hydrogen-bond acceptors (Lipinski definition) is 1. The van der Waals surface area contributed by atoms with Gasteiger partial charge in [-0.05, 0) is 41.9 Å². The smallest absolute Gasteiger partial charge is 0.251 e. The van der Waals surface area contributed by atoms with Gasteiger partial charge in [0.25, 0.3) is 5.91 Å². The predicted octanol–water partition coefficient (Wildman–Crippen LogP) is 4.05. The fourth-order valence-corrected chi connectivity index (χ4v) is 1.96. The van der Waals surface area contributed by atoms with Gasteiger partial charge in [0, 0.05) is 12.1 Å². The third kappa shape index (κ3) is 6.42. The Balaban J connectivity index is 2.53. The highest BCUT2D eigenvalue weighted by molar-refractivity contribution is 5.94. The highest BCUT2D eigenvalue weighted by Crippen LogP contribution is 2.20. The summed E-state index contributed by atoms with van der Waals surface area (Å²) in [4.78, 5) is 11.9. The predicted molar refractivity (Wildman–Crippen MR) is 81.4 cm³/mol. The largest absolute Gasteiger partial charge is 0.352 e. The molecule has 0 bridgehead atoms. The second kappa shape index (κ2) is 6.74. The summed E-state index contributed by atoms with van der Waals surface area (Å²) >= 11 is 0. The molecule has 2 nitrogen and oxygen atoms in total. The Morgan fingerprint density at radius 3 is 2.21 bits per heavy atom. The van der Waals surface area contributed by atoms with E-state index in [1.807, 2.05) is 12.1 Å². The van der Waals surface area contributed by atoms with Gasteiger partial charge in [-0.3, -0.25) is 4.79 Å². The van der Waals surface area contributed by atoms with E-state index in [1.54, 1.807) is 0 Å². The number of carbonyl (C=O) groups is 1. The minimum absolute atomic E-state index is 0.0305. The summed E-state index contributed by atoms with van der Waals surface area (Å²) in [6.07, 6.45) is 2.05. The maximum Gasteiger partial charge on any atom is 0.251 e. The highest BCUT2D eigenvalue weighted by atomic mass is 16.1. The lowest BCUT2D eigenvalue weighted by molar-refractivity contribution is 0.0952. The molecule has 0 saturated carbocycles. The van der Waals surface area contributed by atoms with E-state index in [1.165, 1.54) is 5.56 Å². The van der Waals surface area contributed by atoms with Crippen LogP contribution < -0.4 is 5.32 Å². The number of nitrogens with one attached hydrogen (secondary N) is 1. The van der Waals surface area contributed by atoms with Crippen molar-refractivity contribution in [2.75, 3.05) is 6.54 Å². The third-order valence-electron chi connectivity index (χ3n) is 2.96. The van der Waals surface area contributed by atoms with E-state index >= 15 is 0 Å². The SMILES string of the molecule is CC(C)CCNC(=O)c1ccc(CC(C)(C)C)cc1. The van der Waals surface area contributed by atoms with Crippen molar-refractivity contribution in [3.63, 3.8) is 0 Å². The third-order valence-corrected chi connectivity index (χ3v) is 2.96. The van der Waals surface area contributed by atoms with Crippen LogP contribution >= 0.6 is 0 Å². The van der Waals surface area contributed by atoms with Gasteiger partial charge >= 0.3 is 0 Å². The lowest BCUT2D eigenvalue weighted by Gasteiger charge is -2.18. The minimum atomic E-state index is 0.0305. The highest BCUT2D eigenvalue weighted by Gasteiger charge is 2.12. The molecule has 2 heteroatoms. The maximum absolute atomic E-state index is 11.9. The molecule has 1 aromatic carbocycles. The average molecular weight is 261 g/mol. The summed E-state index contributed by atoms with van der Waals surface area (Å²) < 4.78 is 0. The van der Waals surface area contributed by atoms with Gasteiger partial charge in [0.05, 0.1) is 0 Å². The Kier molecular flexibility index (Phi) is 5.59. The van der Waals surface area contributed by atoms with Gasteiger partial charge in [0.1, 0.15) is 0 Å². The molecule has 0 aliphatic heterocycles. The molecular formula is C17H27NO. The average Bonchev–Trinajstić information content (AvgIpc) is 2.27. The van der Waals surface area contributed by atoms with Crippen LogP contribution in [-0.2, 0) is 6.42 Å². The summed E-state index contributed by atoms with van der Waals surface area (Å²) in [5, 5.41) is 2.96. The molecule has 1 amide bonds. The molecule has 0 spiro atoms. The van der Waals surface area contributed by atoms with Crippen LogP contribution in [0.5, 0.6) is 0 Å². The summed E-state index contributed by atoms with van der Waals surface area (Å²) in [5.74, 6) is 0.650. The van der Waals surface area contributed by atoms with Crippen molar-refractivity contribution in [2.45, 2.75) is 47.5 Å². The number of hydrogen-bond donors (Lipinski definition) is 1. The normalized spacial score (nSPS) is 11.7. The Hall–Kier alpha value is -1.31. The molecule has 0 saturated heterocycles. The van der Waals surface area contributed by atoms with Crippen molar-refractivity contribution in [1.82, 2.24) is 5.32 Å². The van der Waals surface area contributed by atoms with Crippen LogP contribution in [0.2, 0.25) is 0 Å². The van der Waals surface area contributed by atoms with Crippen molar-refractivity contribution < 1.29 is 4.79 Å². The fourth-order valence-electron chi connectivity index (χ4n) is 1.96. The Morgan fingerprint density at radius 2 is 1.74 bits per heavy atom. The summed E-state index contributed by atoms with van der Waals surface area (Å²) in [6, 6.07) is 7.96. The molecule has 106 valence electrons. The molecule has 0 heterocycles. The summed E-state index contributed by atoms with van der Waals surface area (Å²) in [7, 11) is 0. The monoisotopic (exact) mass is 261 g/mol. The molecule has 0 aromatic heterocycles. The van der Waals surface area contributed by atoms with Gasteiger partial charge in [-0.1, -0.05) is 46.8 Å². The van der Waals surface area contributed by atoms with Crippen LogP contribution in [0.25, 0.3) is 0 Å². The topological polar surface area (TPSA) is 29.1 Å². The maximum atomic E-state index is 11.9. The standard InChI is InChI=1S/C17H27NO/c1-13(2)10-11-18-16(19)15-8-6-14(7-9-15)12-17(3,4)5/h6-9,13H,10-12H2,1-5H3,(H,18,19). The van der Waals surface area contributed by atoms with Gasteiger partial charge in [-0.25, -0.2) is 0 Å². The van der Waals surface area contributed by atoms with Crippen LogP contribution in [-0.4, -0.2) is 12.5 Å². The van der Waals surface area contributed by atoms with Crippen molar-refractivity contribution >= 4 is 5.91 Å². The fraction of sp³-hybridized carbons (Fsp3) is 0.588. The number of rotatable bonds is 5. The first-order valence-electron chi connectivity index (χ1n) is 7.15. The molecule has 0 unspecified atom stereocenters. The first kappa shape index (κ1) is 15.7. The van der Waals surface area contributed by atoms with E-state index in [0.29, 0.717) is 5.92 Å². The first-order valence-corrected chi connectivity index (χ1v) is 7.15. The van der Waals surface area contributed by atoms with Gasteiger partial charge in [0.2, 0.25) is 0 Å². The summed E-state index contributed by atoms with van der Waals surface area (Å²) in [5.41, 5.74) is 2.31. The van der Waals surface area contributed by atoms with Crippen molar-refractivity contribution in [1.29, 1.82) is 0 Å². The van der Waals surface area contributed by atoms with Crippen molar-refractivity contribution in [3.8, 4) is 0 Å². The molecular weight excluding hydrogens is 234 g/mol. The van der Waals surface area contributed by atoms with E-state index < -0.39 is 0 Å². The number of carbonyl (C=O) groups excluding carboxylic acids is 1. The van der Waals surface area contributed by atoms with Crippen LogP contribution in [0.1, 0.15) is 57.0 Å². The van der Waals surface area contributed by atoms with Gasteiger partial charge in [-0.15, -0.1) is 0 Å². The number of benzene rings is 1. The molecule has 1 rings (SSSR count). The zero-order valence-electron chi connectivity index (χ0n) is 12.9. The molecule has 19 heavy (non-hydrogen) atoms. The second-order valence-corrected chi connectivity index (χ2v) is 6.87. The van der Waals surface area contributed by atoms with E-state index in [9.17, 15) is 4.79 Å². The molecule has 0 aliphatic carbocycles. The van der Waals surface area contributed by atoms with E-state index in [2.05, 4.69) is 52.1 Å². The van der Waals surface area contributed by atoms with E-state index in [0.717, 1.165) is 24.9 Å². The van der Waals surface area contributed by atoms with Crippen LogP contribution in [0, 0.1) is 11.3 Å². The Labute approximate surface area is 117 Å².